The SMILES string of the molecule is C=CCc1cc(N)ccc1OCOC. The van der Waals surface area contributed by atoms with E-state index in [1.54, 1.807) is 13.2 Å². The molecule has 0 radical (unpaired) electrons. The van der Waals surface area contributed by atoms with E-state index in [1.807, 2.05) is 18.2 Å². The van der Waals surface area contributed by atoms with Crippen molar-refractivity contribution in [1.29, 1.82) is 0 Å². The highest BCUT2D eigenvalue weighted by molar-refractivity contribution is 5.48. The van der Waals surface area contributed by atoms with Crippen molar-refractivity contribution in [3.8, 4) is 5.75 Å². The molecule has 0 amide bonds. The first kappa shape index (κ1) is 10.6. The Bertz CT molecular complexity index is 310. The fourth-order valence-corrected chi connectivity index (χ4v) is 1.18. The second-order valence-electron chi connectivity index (χ2n) is 2.91. The van der Waals surface area contributed by atoms with Gasteiger partial charge < -0.3 is 15.2 Å². The number of anilines is 1. The summed E-state index contributed by atoms with van der Waals surface area (Å²) >= 11 is 0. The fourth-order valence-electron chi connectivity index (χ4n) is 1.18. The molecule has 0 saturated heterocycles. The minimum Gasteiger partial charge on any atom is -0.467 e. The molecule has 0 aliphatic rings. The van der Waals surface area contributed by atoms with Crippen LogP contribution in [0.2, 0.25) is 0 Å². The first-order valence-electron chi connectivity index (χ1n) is 4.39. The molecule has 0 aliphatic heterocycles. The van der Waals surface area contributed by atoms with Gasteiger partial charge in [-0.25, -0.2) is 0 Å². The smallest absolute Gasteiger partial charge is 0.188 e. The molecule has 0 aromatic heterocycles. The van der Waals surface area contributed by atoms with Gasteiger partial charge in [-0.2, -0.15) is 0 Å². The molecule has 2 N–H and O–H groups in total. The summed E-state index contributed by atoms with van der Waals surface area (Å²) in [7, 11) is 1.59. The van der Waals surface area contributed by atoms with Gasteiger partial charge >= 0.3 is 0 Å². The fraction of sp³-hybridized carbons (Fsp3) is 0.273. The summed E-state index contributed by atoms with van der Waals surface area (Å²) < 4.78 is 10.2. The lowest BCUT2D eigenvalue weighted by Crippen LogP contribution is -2.02. The second-order valence-corrected chi connectivity index (χ2v) is 2.91. The molecule has 3 nitrogen and oxygen atoms in total. The zero-order chi connectivity index (χ0) is 10.4. The van der Waals surface area contributed by atoms with E-state index in [0.29, 0.717) is 0 Å². The van der Waals surface area contributed by atoms with E-state index in [1.165, 1.54) is 0 Å². The Morgan fingerprint density at radius 3 is 2.93 bits per heavy atom. The first-order valence-corrected chi connectivity index (χ1v) is 4.39. The number of nitrogen functional groups attached to an aromatic ring is 1. The molecule has 1 aromatic rings. The lowest BCUT2D eigenvalue weighted by molar-refractivity contribution is 0.0505. The van der Waals surface area contributed by atoms with Crippen LogP contribution in [0.3, 0.4) is 0 Å². The van der Waals surface area contributed by atoms with Crippen LogP contribution in [0.1, 0.15) is 5.56 Å². The Morgan fingerprint density at radius 1 is 1.50 bits per heavy atom. The molecule has 0 aliphatic carbocycles. The topological polar surface area (TPSA) is 44.5 Å². The number of hydrogen-bond acceptors (Lipinski definition) is 3. The average Bonchev–Trinajstić information content (AvgIpc) is 2.17. The minimum absolute atomic E-state index is 0.244. The van der Waals surface area contributed by atoms with Crippen LogP contribution < -0.4 is 10.5 Å². The maximum absolute atomic E-state index is 5.67. The quantitative estimate of drug-likeness (QED) is 0.442. The standard InChI is InChI=1S/C11H15NO2/c1-3-4-9-7-10(12)5-6-11(9)14-8-13-2/h3,5-7H,1,4,8,12H2,2H3. The third kappa shape index (κ3) is 2.78. The van der Waals surface area contributed by atoms with Crippen molar-refractivity contribution in [2.24, 2.45) is 0 Å². The number of benzene rings is 1. The molecule has 0 heterocycles. The van der Waals surface area contributed by atoms with Gasteiger partial charge in [0.25, 0.3) is 0 Å². The monoisotopic (exact) mass is 193 g/mol. The van der Waals surface area contributed by atoms with Gasteiger partial charge in [0.15, 0.2) is 6.79 Å². The zero-order valence-corrected chi connectivity index (χ0v) is 8.32. The third-order valence-electron chi connectivity index (χ3n) is 1.78. The number of allylic oxidation sites excluding steroid dienone is 1. The van der Waals surface area contributed by atoms with Crippen LogP contribution >= 0.6 is 0 Å². The van der Waals surface area contributed by atoms with Gasteiger partial charge in [0.1, 0.15) is 5.75 Å². The Morgan fingerprint density at radius 2 is 2.29 bits per heavy atom. The summed E-state index contributed by atoms with van der Waals surface area (Å²) in [5.74, 6) is 0.793. The van der Waals surface area contributed by atoms with E-state index in [-0.39, 0.29) is 6.79 Å². The van der Waals surface area contributed by atoms with Crippen LogP contribution in [0, 0.1) is 0 Å². The lowest BCUT2D eigenvalue weighted by atomic mass is 10.1. The first-order chi connectivity index (χ1) is 6.77. The van der Waals surface area contributed by atoms with Crippen molar-refractivity contribution < 1.29 is 9.47 Å². The summed E-state index contributed by atoms with van der Waals surface area (Å²) in [6.45, 7) is 3.92. The largest absolute Gasteiger partial charge is 0.467 e. The van der Waals surface area contributed by atoms with Crippen LogP contribution in [0.5, 0.6) is 5.75 Å². The zero-order valence-electron chi connectivity index (χ0n) is 8.32. The van der Waals surface area contributed by atoms with Gasteiger partial charge in [0.05, 0.1) is 0 Å². The van der Waals surface area contributed by atoms with E-state index in [2.05, 4.69) is 6.58 Å². The lowest BCUT2D eigenvalue weighted by Gasteiger charge is -2.09. The van der Waals surface area contributed by atoms with E-state index >= 15 is 0 Å². The van der Waals surface area contributed by atoms with Gasteiger partial charge in [-0.1, -0.05) is 6.08 Å². The van der Waals surface area contributed by atoms with Crippen molar-refractivity contribution in [3.05, 3.63) is 36.4 Å². The van der Waals surface area contributed by atoms with E-state index in [9.17, 15) is 0 Å². The van der Waals surface area contributed by atoms with Crippen molar-refractivity contribution in [2.75, 3.05) is 19.6 Å². The predicted octanol–water partition coefficient (Wildman–Crippen LogP) is 1.98. The number of methoxy groups -OCH3 is 1. The van der Waals surface area contributed by atoms with E-state index in [0.717, 1.165) is 23.4 Å². The van der Waals surface area contributed by atoms with Gasteiger partial charge in [0, 0.05) is 18.4 Å². The van der Waals surface area contributed by atoms with Gasteiger partial charge in [-0.15, -0.1) is 6.58 Å². The number of rotatable bonds is 5. The molecular weight excluding hydrogens is 178 g/mol. The summed E-state index contributed by atoms with van der Waals surface area (Å²) in [4.78, 5) is 0. The summed E-state index contributed by atoms with van der Waals surface area (Å²) in [6, 6.07) is 5.53. The molecule has 3 heteroatoms. The maximum atomic E-state index is 5.67. The number of nitrogens with two attached hydrogens (primary N) is 1. The Hall–Kier alpha value is -1.48. The molecule has 0 saturated carbocycles. The second kappa shape index (κ2) is 5.29. The minimum atomic E-state index is 0.244. The van der Waals surface area contributed by atoms with Crippen LogP contribution in [0.4, 0.5) is 5.69 Å². The highest BCUT2D eigenvalue weighted by Gasteiger charge is 2.02. The van der Waals surface area contributed by atoms with Crippen LogP contribution in [0.15, 0.2) is 30.9 Å². The van der Waals surface area contributed by atoms with Crippen molar-refractivity contribution in [2.45, 2.75) is 6.42 Å². The molecule has 14 heavy (non-hydrogen) atoms. The average molecular weight is 193 g/mol. The van der Waals surface area contributed by atoms with Crippen molar-refractivity contribution >= 4 is 5.69 Å². The normalized spacial score (nSPS) is 9.79. The highest BCUT2D eigenvalue weighted by atomic mass is 16.7. The predicted molar refractivity (Wildman–Crippen MR) is 57.3 cm³/mol. The van der Waals surface area contributed by atoms with Crippen LogP contribution in [-0.2, 0) is 11.2 Å². The molecule has 76 valence electrons. The van der Waals surface area contributed by atoms with Crippen molar-refractivity contribution in [3.63, 3.8) is 0 Å². The van der Waals surface area contributed by atoms with Gasteiger partial charge in [0.2, 0.25) is 0 Å². The van der Waals surface area contributed by atoms with E-state index in [4.69, 9.17) is 15.2 Å². The van der Waals surface area contributed by atoms with Crippen molar-refractivity contribution in [1.82, 2.24) is 0 Å². The van der Waals surface area contributed by atoms with Crippen LogP contribution in [-0.4, -0.2) is 13.9 Å². The molecule has 1 rings (SSSR count). The summed E-state index contributed by atoms with van der Waals surface area (Å²) in [5.41, 5.74) is 7.42. The van der Waals surface area contributed by atoms with E-state index < -0.39 is 0 Å². The molecular formula is C11H15NO2. The third-order valence-corrected chi connectivity index (χ3v) is 1.78. The molecule has 0 fully saturated rings. The molecule has 0 bridgehead atoms. The van der Waals surface area contributed by atoms with Gasteiger partial charge in [-0.3, -0.25) is 0 Å². The highest BCUT2D eigenvalue weighted by Crippen LogP contribution is 2.22. The van der Waals surface area contributed by atoms with Gasteiger partial charge in [-0.05, 0) is 24.6 Å². The molecule has 0 unspecified atom stereocenters. The Labute approximate surface area is 84.1 Å². The Balaban J connectivity index is 2.83. The number of ether oxygens (including phenoxy) is 2. The molecule has 1 aromatic carbocycles. The molecule has 0 atom stereocenters. The maximum Gasteiger partial charge on any atom is 0.188 e. The molecule has 0 spiro atoms. The summed E-state index contributed by atoms with van der Waals surface area (Å²) in [5, 5.41) is 0. The Kier molecular flexibility index (Phi) is 4.01. The van der Waals surface area contributed by atoms with Crippen LogP contribution in [0.25, 0.3) is 0 Å². The number of hydrogen-bond donors (Lipinski definition) is 1. The summed E-state index contributed by atoms with van der Waals surface area (Å²) in [6.07, 6.45) is 2.55.